The molecule has 1 aliphatic rings. The predicted molar refractivity (Wildman–Crippen MR) is 95.0 cm³/mol. The molecule has 2 aromatic carbocycles. The number of hydrogen-bond acceptors (Lipinski definition) is 5. The lowest BCUT2D eigenvalue weighted by molar-refractivity contribution is -0.384. The standard InChI is InChI=1S/C17H14BrN3O4/c1-11-10-17(23,13-5-7-15(8-6-13)21(24)25)20(19-11)16(22)12-3-2-4-14(18)9-12/h2-9,23H,10H2,1H3. The molecule has 0 spiro atoms. The summed E-state index contributed by atoms with van der Waals surface area (Å²) >= 11 is 3.31. The van der Waals surface area contributed by atoms with E-state index < -0.39 is 16.6 Å². The van der Waals surface area contributed by atoms with Gasteiger partial charge in [-0.25, -0.2) is 0 Å². The molecule has 1 N–H and O–H groups in total. The third-order valence-electron chi connectivity index (χ3n) is 3.93. The quantitative estimate of drug-likeness (QED) is 0.626. The summed E-state index contributed by atoms with van der Waals surface area (Å²) in [5.74, 6) is -0.459. The number of carbonyl (C=O) groups is 1. The van der Waals surface area contributed by atoms with Crippen molar-refractivity contribution in [2.45, 2.75) is 19.1 Å². The van der Waals surface area contributed by atoms with E-state index in [9.17, 15) is 20.0 Å². The molecule has 1 aliphatic heterocycles. The van der Waals surface area contributed by atoms with Crippen LogP contribution in [-0.4, -0.2) is 26.7 Å². The average Bonchev–Trinajstić information content (AvgIpc) is 2.90. The Morgan fingerprint density at radius 3 is 2.60 bits per heavy atom. The molecule has 0 radical (unpaired) electrons. The average molecular weight is 404 g/mol. The third-order valence-corrected chi connectivity index (χ3v) is 4.42. The van der Waals surface area contributed by atoms with Gasteiger partial charge in [0.25, 0.3) is 11.6 Å². The van der Waals surface area contributed by atoms with Gasteiger partial charge in [-0.15, -0.1) is 0 Å². The Hall–Kier alpha value is -2.58. The lowest BCUT2D eigenvalue weighted by Gasteiger charge is -2.31. The molecule has 1 unspecified atom stereocenters. The van der Waals surface area contributed by atoms with Crippen LogP contribution >= 0.6 is 15.9 Å². The van der Waals surface area contributed by atoms with Gasteiger partial charge in [0.2, 0.25) is 0 Å². The van der Waals surface area contributed by atoms with Gasteiger partial charge >= 0.3 is 0 Å². The fourth-order valence-electron chi connectivity index (χ4n) is 2.75. The van der Waals surface area contributed by atoms with E-state index in [0.29, 0.717) is 16.8 Å². The van der Waals surface area contributed by atoms with Crippen LogP contribution in [0.5, 0.6) is 0 Å². The molecule has 0 saturated heterocycles. The van der Waals surface area contributed by atoms with E-state index in [1.165, 1.54) is 24.3 Å². The maximum absolute atomic E-state index is 12.8. The van der Waals surface area contributed by atoms with Gasteiger partial charge in [-0.2, -0.15) is 10.1 Å². The maximum atomic E-state index is 12.8. The Labute approximate surface area is 151 Å². The van der Waals surface area contributed by atoms with Crippen LogP contribution in [0.4, 0.5) is 5.69 Å². The highest BCUT2D eigenvalue weighted by molar-refractivity contribution is 9.10. The molecule has 1 amide bonds. The van der Waals surface area contributed by atoms with Crippen LogP contribution in [0.1, 0.15) is 29.3 Å². The van der Waals surface area contributed by atoms with Crippen molar-refractivity contribution >= 4 is 33.2 Å². The van der Waals surface area contributed by atoms with Crippen molar-refractivity contribution in [2.75, 3.05) is 0 Å². The molecule has 0 bridgehead atoms. The Balaban J connectivity index is 1.99. The number of nitrogens with zero attached hydrogens (tertiary/aromatic N) is 3. The van der Waals surface area contributed by atoms with Crippen molar-refractivity contribution in [3.05, 3.63) is 74.2 Å². The second-order valence-electron chi connectivity index (χ2n) is 5.76. The second-order valence-corrected chi connectivity index (χ2v) is 6.68. The van der Waals surface area contributed by atoms with E-state index in [-0.39, 0.29) is 12.1 Å². The first-order valence-electron chi connectivity index (χ1n) is 7.43. The molecule has 1 atom stereocenters. The molecular formula is C17H14BrN3O4. The van der Waals surface area contributed by atoms with E-state index in [1.807, 2.05) is 0 Å². The largest absolute Gasteiger partial charge is 0.365 e. The van der Waals surface area contributed by atoms with E-state index in [0.717, 1.165) is 9.48 Å². The van der Waals surface area contributed by atoms with Crippen molar-refractivity contribution in [3.63, 3.8) is 0 Å². The molecule has 0 fully saturated rings. The molecular weight excluding hydrogens is 390 g/mol. The van der Waals surface area contributed by atoms with E-state index in [4.69, 9.17) is 0 Å². The number of hydrazone groups is 1. The highest BCUT2D eigenvalue weighted by Gasteiger charge is 2.45. The number of nitro groups is 1. The number of non-ortho nitro benzene ring substituents is 1. The van der Waals surface area contributed by atoms with Crippen LogP contribution in [0.3, 0.4) is 0 Å². The van der Waals surface area contributed by atoms with Crippen LogP contribution in [-0.2, 0) is 5.72 Å². The van der Waals surface area contributed by atoms with Crippen molar-refractivity contribution in [3.8, 4) is 0 Å². The van der Waals surface area contributed by atoms with Gasteiger partial charge in [0.1, 0.15) is 0 Å². The fourth-order valence-corrected chi connectivity index (χ4v) is 3.15. The summed E-state index contributed by atoms with van der Waals surface area (Å²) < 4.78 is 0.733. The lowest BCUT2D eigenvalue weighted by atomic mass is 9.97. The van der Waals surface area contributed by atoms with Gasteiger partial charge in [0.05, 0.1) is 4.92 Å². The van der Waals surface area contributed by atoms with Crippen molar-refractivity contribution in [2.24, 2.45) is 5.10 Å². The van der Waals surface area contributed by atoms with Gasteiger partial charge < -0.3 is 5.11 Å². The monoisotopic (exact) mass is 403 g/mol. The first-order chi connectivity index (χ1) is 11.8. The summed E-state index contributed by atoms with van der Waals surface area (Å²) in [5.41, 5.74) is -0.453. The number of rotatable bonds is 3. The van der Waals surface area contributed by atoms with Crippen LogP contribution in [0.2, 0.25) is 0 Å². The summed E-state index contributed by atoms with van der Waals surface area (Å²) in [5, 5.41) is 27.2. The molecule has 2 aromatic rings. The molecule has 1 heterocycles. The van der Waals surface area contributed by atoms with E-state index in [1.54, 1.807) is 31.2 Å². The summed E-state index contributed by atoms with van der Waals surface area (Å²) in [4.78, 5) is 23.1. The highest BCUT2D eigenvalue weighted by Crippen LogP contribution is 2.37. The van der Waals surface area contributed by atoms with Gasteiger partial charge in [-0.05, 0) is 37.3 Å². The van der Waals surface area contributed by atoms with Gasteiger partial charge in [-0.1, -0.05) is 22.0 Å². The molecule has 8 heteroatoms. The molecule has 128 valence electrons. The molecule has 0 aromatic heterocycles. The number of aliphatic hydroxyl groups is 1. The van der Waals surface area contributed by atoms with Crippen LogP contribution in [0.15, 0.2) is 58.1 Å². The number of nitro benzene ring substituents is 1. The molecule has 0 aliphatic carbocycles. The molecule has 0 saturated carbocycles. The zero-order valence-corrected chi connectivity index (χ0v) is 14.8. The zero-order valence-electron chi connectivity index (χ0n) is 13.2. The normalized spacial score (nSPS) is 19.6. The smallest absolute Gasteiger partial charge is 0.276 e. The van der Waals surface area contributed by atoms with Gasteiger partial charge in [-0.3, -0.25) is 14.9 Å². The number of halogens is 1. The third kappa shape index (κ3) is 3.18. The number of amides is 1. The SMILES string of the molecule is CC1=NN(C(=O)c2cccc(Br)c2)C(O)(c2ccc([N+](=O)[O-])cc2)C1. The summed E-state index contributed by atoms with van der Waals surface area (Å²) in [6.07, 6.45) is 0.130. The summed E-state index contributed by atoms with van der Waals surface area (Å²) in [6, 6.07) is 12.2. The minimum Gasteiger partial charge on any atom is -0.365 e. The first-order valence-corrected chi connectivity index (χ1v) is 8.22. The number of carbonyl (C=O) groups excluding carboxylic acids is 1. The Morgan fingerprint density at radius 2 is 2.00 bits per heavy atom. The number of benzene rings is 2. The van der Waals surface area contributed by atoms with E-state index >= 15 is 0 Å². The maximum Gasteiger partial charge on any atom is 0.276 e. The van der Waals surface area contributed by atoms with Crippen molar-refractivity contribution in [1.82, 2.24) is 5.01 Å². The minimum absolute atomic E-state index is 0.0900. The minimum atomic E-state index is -1.68. The lowest BCUT2D eigenvalue weighted by Crippen LogP contribution is -2.43. The topological polar surface area (TPSA) is 96.0 Å². The predicted octanol–water partition coefficient (Wildman–Crippen LogP) is 3.42. The van der Waals surface area contributed by atoms with Crippen LogP contribution < -0.4 is 0 Å². The fraction of sp³-hybridized carbons (Fsp3) is 0.176. The van der Waals surface area contributed by atoms with Crippen LogP contribution in [0, 0.1) is 10.1 Å². The second kappa shape index (κ2) is 6.38. The first kappa shape index (κ1) is 17.2. The summed E-state index contributed by atoms with van der Waals surface area (Å²) in [7, 11) is 0. The van der Waals surface area contributed by atoms with Crippen LogP contribution in [0.25, 0.3) is 0 Å². The molecule has 7 nitrogen and oxygen atoms in total. The molecule has 25 heavy (non-hydrogen) atoms. The highest BCUT2D eigenvalue weighted by atomic mass is 79.9. The van der Waals surface area contributed by atoms with Gasteiger partial charge in [0, 0.05) is 39.9 Å². The van der Waals surface area contributed by atoms with E-state index in [2.05, 4.69) is 21.0 Å². The summed E-state index contributed by atoms with van der Waals surface area (Å²) in [6.45, 7) is 1.71. The number of hydrogen-bond donors (Lipinski definition) is 1. The van der Waals surface area contributed by atoms with Crippen molar-refractivity contribution < 1.29 is 14.8 Å². The Morgan fingerprint density at radius 1 is 1.32 bits per heavy atom. The zero-order chi connectivity index (χ0) is 18.2. The van der Waals surface area contributed by atoms with Gasteiger partial charge in [0.15, 0.2) is 5.72 Å². The Bertz CT molecular complexity index is 882. The van der Waals surface area contributed by atoms with Crippen molar-refractivity contribution in [1.29, 1.82) is 0 Å². The molecule has 3 rings (SSSR count). The Kier molecular flexibility index (Phi) is 4.40.